The van der Waals surface area contributed by atoms with Crippen LogP contribution in [0.2, 0.25) is 0 Å². The number of anilines is 2. The second-order valence-electron chi connectivity index (χ2n) is 4.46. The minimum absolute atomic E-state index is 0.239. The minimum atomic E-state index is 0.239. The van der Waals surface area contributed by atoms with Crippen LogP contribution >= 0.6 is 0 Å². The van der Waals surface area contributed by atoms with E-state index >= 15 is 0 Å². The molecular weight excluding hydrogens is 216 g/mol. The molecule has 1 saturated heterocycles. The third-order valence-corrected chi connectivity index (χ3v) is 2.72. The minimum Gasteiger partial charge on any atom is -0.372 e. The van der Waals surface area contributed by atoms with Gasteiger partial charge in [-0.3, -0.25) is 4.98 Å². The van der Waals surface area contributed by atoms with Gasteiger partial charge >= 0.3 is 0 Å². The van der Waals surface area contributed by atoms with Gasteiger partial charge in [-0.2, -0.15) is 0 Å². The largest absolute Gasteiger partial charge is 0.372 e. The number of aromatic nitrogens is 2. The monoisotopic (exact) mass is 236 g/mol. The van der Waals surface area contributed by atoms with Crippen LogP contribution < -0.4 is 10.2 Å². The third-order valence-electron chi connectivity index (χ3n) is 2.72. The lowest BCUT2D eigenvalue weighted by Gasteiger charge is -2.35. The first-order valence-electron chi connectivity index (χ1n) is 6.15. The summed E-state index contributed by atoms with van der Waals surface area (Å²) in [5.74, 6) is 1.75. The Kier molecular flexibility index (Phi) is 3.78. The van der Waals surface area contributed by atoms with Crippen molar-refractivity contribution in [2.45, 2.75) is 33.0 Å². The summed E-state index contributed by atoms with van der Waals surface area (Å²) in [4.78, 5) is 11.0. The summed E-state index contributed by atoms with van der Waals surface area (Å²) in [7, 11) is 0. The van der Waals surface area contributed by atoms with Crippen molar-refractivity contribution in [2.75, 3.05) is 29.9 Å². The molecular formula is C12H20N4O. The molecule has 2 unspecified atom stereocenters. The second-order valence-corrected chi connectivity index (χ2v) is 4.46. The highest BCUT2D eigenvalue weighted by Gasteiger charge is 2.23. The van der Waals surface area contributed by atoms with Crippen LogP contribution in [0.25, 0.3) is 0 Å². The summed E-state index contributed by atoms with van der Waals surface area (Å²) >= 11 is 0. The summed E-state index contributed by atoms with van der Waals surface area (Å²) in [6.07, 6.45) is 4.04. The molecule has 1 aliphatic rings. The van der Waals surface area contributed by atoms with Gasteiger partial charge in [0.15, 0.2) is 0 Å². The highest BCUT2D eigenvalue weighted by molar-refractivity contribution is 5.44. The highest BCUT2D eigenvalue weighted by Crippen LogP contribution is 2.18. The quantitative estimate of drug-likeness (QED) is 0.862. The zero-order chi connectivity index (χ0) is 12.3. The number of hydrogen-bond donors (Lipinski definition) is 1. The zero-order valence-corrected chi connectivity index (χ0v) is 10.7. The van der Waals surface area contributed by atoms with Crippen molar-refractivity contribution >= 4 is 11.6 Å². The molecule has 5 nitrogen and oxygen atoms in total. The molecule has 0 bridgehead atoms. The smallest absolute Gasteiger partial charge is 0.149 e. The first kappa shape index (κ1) is 12.1. The fourth-order valence-corrected chi connectivity index (χ4v) is 2.14. The Hall–Kier alpha value is -1.36. The van der Waals surface area contributed by atoms with Crippen molar-refractivity contribution in [3.05, 3.63) is 12.4 Å². The molecule has 2 rings (SSSR count). The lowest BCUT2D eigenvalue weighted by molar-refractivity contribution is -0.00547. The van der Waals surface area contributed by atoms with Crippen molar-refractivity contribution in [1.29, 1.82) is 0 Å². The van der Waals surface area contributed by atoms with E-state index in [-0.39, 0.29) is 12.2 Å². The molecule has 0 aromatic carbocycles. The van der Waals surface area contributed by atoms with Gasteiger partial charge in [-0.25, -0.2) is 4.98 Å². The molecule has 1 N–H and O–H groups in total. The van der Waals surface area contributed by atoms with Gasteiger partial charge in [0.05, 0.1) is 24.6 Å². The highest BCUT2D eigenvalue weighted by atomic mass is 16.5. The molecule has 17 heavy (non-hydrogen) atoms. The summed E-state index contributed by atoms with van der Waals surface area (Å²) in [6, 6.07) is 0. The van der Waals surface area contributed by atoms with Crippen LogP contribution in [0.15, 0.2) is 12.4 Å². The summed E-state index contributed by atoms with van der Waals surface area (Å²) in [6.45, 7) is 8.82. The molecule has 1 aromatic rings. The van der Waals surface area contributed by atoms with E-state index in [1.807, 2.05) is 13.1 Å². The first-order valence-corrected chi connectivity index (χ1v) is 6.15. The molecule has 1 fully saturated rings. The Morgan fingerprint density at radius 2 is 2.06 bits per heavy atom. The molecule has 94 valence electrons. The Bertz CT molecular complexity index is 361. The molecule has 1 aromatic heterocycles. The van der Waals surface area contributed by atoms with E-state index in [4.69, 9.17) is 4.74 Å². The topological polar surface area (TPSA) is 50.3 Å². The number of ether oxygens (including phenoxy) is 1. The van der Waals surface area contributed by atoms with Gasteiger partial charge in [0, 0.05) is 19.6 Å². The molecule has 5 heteroatoms. The van der Waals surface area contributed by atoms with E-state index in [0.29, 0.717) is 0 Å². The number of hydrogen-bond acceptors (Lipinski definition) is 5. The SMILES string of the molecule is CCNc1cncc(N2CC(C)OC(C)C2)n1. The normalized spacial score (nSPS) is 24.8. The Balaban J connectivity index is 2.12. The maximum Gasteiger partial charge on any atom is 0.149 e. The zero-order valence-electron chi connectivity index (χ0n) is 10.7. The van der Waals surface area contributed by atoms with Crippen LogP contribution in [0.5, 0.6) is 0 Å². The van der Waals surface area contributed by atoms with Crippen LogP contribution in [0, 0.1) is 0 Å². The van der Waals surface area contributed by atoms with Gasteiger partial charge in [-0.15, -0.1) is 0 Å². The molecule has 2 atom stereocenters. The Morgan fingerprint density at radius 1 is 1.35 bits per heavy atom. The molecule has 0 aliphatic carbocycles. The number of rotatable bonds is 3. The predicted octanol–water partition coefficient (Wildman–Crippen LogP) is 1.52. The molecule has 0 saturated carbocycles. The van der Waals surface area contributed by atoms with Gasteiger partial charge in [-0.1, -0.05) is 0 Å². The van der Waals surface area contributed by atoms with Gasteiger partial charge in [-0.05, 0) is 20.8 Å². The summed E-state index contributed by atoms with van der Waals surface area (Å²) < 4.78 is 5.71. The fourth-order valence-electron chi connectivity index (χ4n) is 2.14. The lowest BCUT2D eigenvalue weighted by atomic mass is 10.2. The van der Waals surface area contributed by atoms with Crippen LogP contribution in [0.1, 0.15) is 20.8 Å². The van der Waals surface area contributed by atoms with Crippen molar-refractivity contribution in [1.82, 2.24) is 9.97 Å². The molecule has 0 radical (unpaired) electrons. The maximum atomic E-state index is 5.71. The second kappa shape index (κ2) is 5.31. The lowest BCUT2D eigenvalue weighted by Crippen LogP contribution is -2.45. The van der Waals surface area contributed by atoms with Gasteiger partial charge in [0.25, 0.3) is 0 Å². The van der Waals surface area contributed by atoms with E-state index < -0.39 is 0 Å². The fraction of sp³-hybridized carbons (Fsp3) is 0.667. The number of morpholine rings is 1. The third kappa shape index (κ3) is 3.06. The van der Waals surface area contributed by atoms with E-state index in [0.717, 1.165) is 31.3 Å². The summed E-state index contributed by atoms with van der Waals surface area (Å²) in [5.41, 5.74) is 0. The van der Waals surface area contributed by atoms with Gasteiger partial charge in [0.1, 0.15) is 11.6 Å². The van der Waals surface area contributed by atoms with E-state index in [9.17, 15) is 0 Å². The predicted molar refractivity (Wildman–Crippen MR) is 68.4 cm³/mol. The van der Waals surface area contributed by atoms with Crippen molar-refractivity contribution in [2.24, 2.45) is 0 Å². The van der Waals surface area contributed by atoms with Crippen LogP contribution in [0.4, 0.5) is 11.6 Å². The molecule has 1 aliphatic heterocycles. The molecule has 2 heterocycles. The maximum absolute atomic E-state index is 5.71. The first-order chi connectivity index (χ1) is 8.19. The van der Waals surface area contributed by atoms with Gasteiger partial charge < -0.3 is 15.0 Å². The van der Waals surface area contributed by atoms with Crippen LogP contribution in [0.3, 0.4) is 0 Å². The Morgan fingerprint density at radius 3 is 2.71 bits per heavy atom. The van der Waals surface area contributed by atoms with Crippen molar-refractivity contribution in [3.8, 4) is 0 Å². The average molecular weight is 236 g/mol. The van der Waals surface area contributed by atoms with E-state index in [1.54, 1.807) is 6.20 Å². The number of nitrogens with zero attached hydrogens (tertiary/aromatic N) is 3. The Labute approximate surface area is 102 Å². The van der Waals surface area contributed by atoms with Crippen LogP contribution in [-0.4, -0.2) is 41.8 Å². The standard InChI is InChI=1S/C12H20N4O/c1-4-14-11-5-13-6-12(15-11)16-7-9(2)17-10(3)8-16/h5-6,9-10H,4,7-8H2,1-3H3,(H,14,15). The van der Waals surface area contributed by atoms with Gasteiger partial charge in [0.2, 0.25) is 0 Å². The number of nitrogens with one attached hydrogen (secondary N) is 1. The average Bonchev–Trinajstić information content (AvgIpc) is 2.28. The van der Waals surface area contributed by atoms with Crippen molar-refractivity contribution < 1.29 is 4.74 Å². The summed E-state index contributed by atoms with van der Waals surface area (Å²) in [5, 5.41) is 3.18. The van der Waals surface area contributed by atoms with Crippen LogP contribution in [-0.2, 0) is 4.74 Å². The van der Waals surface area contributed by atoms with E-state index in [1.165, 1.54) is 0 Å². The van der Waals surface area contributed by atoms with E-state index in [2.05, 4.69) is 34.0 Å². The molecule has 0 amide bonds. The molecule has 0 spiro atoms. The van der Waals surface area contributed by atoms with Crippen molar-refractivity contribution in [3.63, 3.8) is 0 Å².